The first-order valence-corrected chi connectivity index (χ1v) is 5.81. The second-order valence-corrected chi connectivity index (χ2v) is 3.98. The molecule has 92 valence electrons. The van der Waals surface area contributed by atoms with Crippen LogP contribution < -0.4 is 10.6 Å². The largest absolute Gasteiger partial charge is 0.355 e. The van der Waals surface area contributed by atoms with Gasteiger partial charge in [0.05, 0.1) is 6.54 Å². The highest BCUT2D eigenvalue weighted by atomic mass is 35.5. The Labute approximate surface area is 105 Å². The number of nitrogens with one attached hydrogen (secondary N) is 2. The van der Waals surface area contributed by atoms with Crippen LogP contribution >= 0.6 is 11.6 Å². The number of rotatable bonds is 5. The molecule has 0 bridgehead atoms. The van der Waals surface area contributed by atoms with E-state index >= 15 is 0 Å². The molecule has 0 heterocycles. The zero-order valence-corrected chi connectivity index (χ0v) is 10.4. The van der Waals surface area contributed by atoms with Gasteiger partial charge in [-0.15, -0.1) is 0 Å². The highest BCUT2D eigenvalue weighted by molar-refractivity contribution is 6.30. The molecule has 0 aliphatic rings. The summed E-state index contributed by atoms with van der Waals surface area (Å²) in [5.41, 5.74) is 0.484. The summed E-state index contributed by atoms with van der Waals surface area (Å²) in [5, 5.41) is 5.78. The van der Waals surface area contributed by atoms with Crippen molar-refractivity contribution in [3.05, 3.63) is 34.9 Å². The van der Waals surface area contributed by atoms with E-state index in [1.54, 1.807) is 24.3 Å². The van der Waals surface area contributed by atoms with Crippen LogP contribution in [0.3, 0.4) is 0 Å². The van der Waals surface area contributed by atoms with Crippen LogP contribution in [0.15, 0.2) is 24.3 Å². The topological polar surface area (TPSA) is 58.2 Å². The van der Waals surface area contributed by atoms with Gasteiger partial charge in [0.2, 0.25) is 5.91 Å². The van der Waals surface area contributed by atoms with Crippen molar-refractivity contribution in [1.82, 2.24) is 10.6 Å². The third kappa shape index (κ3) is 4.87. The second-order valence-electron chi connectivity index (χ2n) is 3.54. The molecule has 0 aliphatic heterocycles. The molecule has 1 aromatic rings. The van der Waals surface area contributed by atoms with Gasteiger partial charge in [-0.05, 0) is 30.7 Å². The van der Waals surface area contributed by atoms with Crippen molar-refractivity contribution in [2.24, 2.45) is 0 Å². The fraction of sp³-hybridized carbons (Fsp3) is 0.333. The molecule has 2 amide bonds. The lowest BCUT2D eigenvalue weighted by Gasteiger charge is -2.06. The van der Waals surface area contributed by atoms with Crippen molar-refractivity contribution >= 4 is 23.4 Å². The molecular weight excluding hydrogens is 240 g/mol. The third-order valence-corrected chi connectivity index (χ3v) is 2.34. The van der Waals surface area contributed by atoms with Crippen molar-refractivity contribution in [2.45, 2.75) is 13.3 Å². The molecule has 0 saturated carbocycles. The van der Waals surface area contributed by atoms with E-state index in [0.717, 1.165) is 6.42 Å². The average Bonchev–Trinajstić information content (AvgIpc) is 2.34. The van der Waals surface area contributed by atoms with Gasteiger partial charge in [0.15, 0.2) is 0 Å². The van der Waals surface area contributed by atoms with Crippen LogP contribution in [0.1, 0.15) is 23.7 Å². The molecule has 5 heteroatoms. The summed E-state index contributed by atoms with van der Waals surface area (Å²) in [7, 11) is 0. The average molecular weight is 255 g/mol. The van der Waals surface area contributed by atoms with Gasteiger partial charge in [0.1, 0.15) is 0 Å². The van der Waals surface area contributed by atoms with Crippen molar-refractivity contribution in [2.75, 3.05) is 13.1 Å². The quantitative estimate of drug-likeness (QED) is 0.839. The Hall–Kier alpha value is -1.55. The Kier molecular flexibility index (Phi) is 5.49. The zero-order valence-electron chi connectivity index (χ0n) is 9.63. The van der Waals surface area contributed by atoms with E-state index < -0.39 is 0 Å². The fourth-order valence-corrected chi connectivity index (χ4v) is 1.32. The number of benzene rings is 1. The molecule has 1 aromatic carbocycles. The van der Waals surface area contributed by atoms with Crippen LogP contribution in [-0.4, -0.2) is 24.9 Å². The maximum absolute atomic E-state index is 11.6. The van der Waals surface area contributed by atoms with Crippen LogP contribution in [0.4, 0.5) is 0 Å². The van der Waals surface area contributed by atoms with E-state index in [2.05, 4.69) is 10.6 Å². The molecule has 2 N–H and O–H groups in total. The molecule has 0 radical (unpaired) electrons. The fourth-order valence-electron chi connectivity index (χ4n) is 1.19. The minimum atomic E-state index is -0.284. The van der Waals surface area contributed by atoms with Crippen LogP contribution in [0.2, 0.25) is 5.02 Å². The monoisotopic (exact) mass is 254 g/mol. The predicted octanol–water partition coefficient (Wildman–Crippen LogP) is 1.60. The standard InChI is InChI=1S/C12H15ClN2O2/c1-2-7-14-11(16)8-15-12(17)9-3-5-10(13)6-4-9/h3-6H,2,7-8H2,1H3,(H,14,16)(H,15,17). The lowest BCUT2D eigenvalue weighted by atomic mass is 10.2. The van der Waals surface area contributed by atoms with E-state index in [0.29, 0.717) is 17.1 Å². The van der Waals surface area contributed by atoms with Gasteiger partial charge in [-0.1, -0.05) is 18.5 Å². The Morgan fingerprint density at radius 1 is 1.18 bits per heavy atom. The Morgan fingerprint density at radius 2 is 1.82 bits per heavy atom. The SMILES string of the molecule is CCCNC(=O)CNC(=O)c1ccc(Cl)cc1. The van der Waals surface area contributed by atoms with Gasteiger partial charge in [-0.3, -0.25) is 9.59 Å². The lowest BCUT2D eigenvalue weighted by Crippen LogP contribution is -2.37. The molecule has 0 saturated heterocycles. The van der Waals surface area contributed by atoms with E-state index in [-0.39, 0.29) is 18.4 Å². The number of hydrogen-bond acceptors (Lipinski definition) is 2. The Morgan fingerprint density at radius 3 is 2.41 bits per heavy atom. The van der Waals surface area contributed by atoms with E-state index in [1.807, 2.05) is 6.92 Å². The molecule has 0 aliphatic carbocycles. The van der Waals surface area contributed by atoms with E-state index in [1.165, 1.54) is 0 Å². The van der Waals surface area contributed by atoms with Crippen LogP contribution in [-0.2, 0) is 4.79 Å². The highest BCUT2D eigenvalue weighted by Crippen LogP contribution is 2.08. The van der Waals surface area contributed by atoms with Crippen molar-refractivity contribution in [3.8, 4) is 0 Å². The van der Waals surface area contributed by atoms with Crippen LogP contribution in [0, 0.1) is 0 Å². The molecule has 0 atom stereocenters. The smallest absolute Gasteiger partial charge is 0.251 e. The third-order valence-electron chi connectivity index (χ3n) is 2.09. The minimum absolute atomic E-state index is 0.0124. The zero-order chi connectivity index (χ0) is 12.7. The number of amides is 2. The maximum Gasteiger partial charge on any atom is 0.251 e. The van der Waals surface area contributed by atoms with Gasteiger partial charge in [-0.25, -0.2) is 0 Å². The van der Waals surface area contributed by atoms with Gasteiger partial charge >= 0.3 is 0 Å². The summed E-state index contributed by atoms with van der Waals surface area (Å²) in [5.74, 6) is -0.470. The van der Waals surface area contributed by atoms with Crippen LogP contribution in [0.25, 0.3) is 0 Å². The second kappa shape index (κ2) is 6.91. The van der Waals surface area contributed by atoms with Gasteiger partial charge < -0.3 is 10.6 Å². The molecule has 0 aromatic heterocycles. The molecular formula is C12H15ClN2O2. The molecule has 0 fully saturated rings. The molecule has 1 rings (SSSR count). The summed E-state index contributed by atoms with van der Waals surface area (Å²) in [6.07, 6.45) is 0.872. The maximum atomic E-state index is 11.6. The summed E-state index contributed by atoms with van der Waals surface area (Å²) >= 11 is 5.71. The predicted molar refractivity (Wildman–Crippen MR) is 67.1 cm³/mol. The van der Waals surface area contributed by atoms with E-state index in [4.69, 9.17) is 11.6 Å². The van der Waals surface area contributed by atoms with Gasteiger partial charge in [0.25, 0.3) is 5.91 Å². The highest BCUT2D eigenvalue weighted by Gasteiger charge is 2.06. The van der Waals surface area contributed by atoms with Gasteiger partial charge in [-0.2, -0.15) is 0 Å². The lowest BCUT2D eigenvalue weighted by molar-refractivity contribution is -0.120. The molecule has 0 spiro atoms. The molecule has 4 nitrogen and oxygen atoms in total. The first kappa shape index (κ1) is 13.5. The summed E-state index contributed by atoms with van der Waals surface area (Å²) in [6, 6.07) is 6.49. The normalized spacial score (nSPS) is 9.76. The number of hydrogen-bond donors (Lipinski definition) is 2. The summed E-state index contributed by atoms with van der Waals surface area (Å²) < 4.78 is 0. The Balaban J connectivity index is 2.39. The van der Waals surface area contributed by atoms with Crippen molar-refractivity contribution in [3.63, 3.8) is 0 Å². The Bertz CT molecular complexity index is 390. The van der Waals surface area contributed by atoms with Crippen molar-refractivity contribution < 1.29 is 9.59 Å². The minimum Gasteiger partial charge on any atom is -0.355 e. The molecule has 0 unspecified atom stereocenters. The first-order chi connectivity index (χ1) is 8.13. The summed E-state index contributed by atoms with van der Waals surface area (Å²) in [6.45, 7) is 2.57. The first-order valence-electron chi connectivity index (χ1n) is 5.44. The van der Waals surface area contributed by atoms with E-state index in [9.17, 15) is 9.59 Å². The summed E-state index contributed by atoms with van der Waals surface area (Å²) in [4.78, 5) is 22.8. The molecule has 17 heavy (non-hydrogen) atoms. The number of halogens is 1. The number of carbonyl (C=O) groups is 2. The van der Waals surface area contributed by atoms with Gasteiger partial charge in [0, 0.05) is 17.1 Å². The van der Waals surface area contributed by atoms with Crippen molar-refractivity contribution in [1.29, 1.82) is 0 Å². The van der Waals surface area contributed by atoms with Crippen LogP contribution in [0.5, 0.6) is 0 Å². The number of carbonyl (C=O) groups excluding carboxylic acids is 2.